The van der Waals surface area contributed by atoms with Crippen LogP contribution in [0, 0.1) is 10.1 Å². The van der Waals surface area contributed by atoms with E-state index < -0.39 is 4.92 Å². The van der Waals surface area contributed by atoms with Crippen LogP contribution in [0.5, 0.6) is 5.75 Å². The smallest absolute Gasteiger partial charge is 0.296 e. The molecule has 2 heterocycles. The summed E-state index contributed by atoms with van der Waals surface area (Å²) in [5.74, 6) is 1.04. The minimum atomic E-state index is -0.530. The molecule has 1 aliphatic carbocycles. The van der Waals surface area contributed by atoms with Crippen molar-refractivity contribution in [3.63, 3.8) is 0 Å². The van der Waals surface area contributed by atoms with Crippen LogP contribution in [0.3, 0.4) is 0 Å². The van der Waals surface area contributed by atoms with Gasteiger partial charge in [-0.15, -0.1) is 10.2 Å². The number of aromatic nitrogens is 3. The molecule has 1 saturated heterocycles. The Hall–Kier alpha value is -2.82. The first-order chi connectivity index (χ1) is 14.6. The van der Waals surface area contributed by atoms with Crippen molar-refractivity contribution in [1.29, 1.82) is 0 Å². The maximum atomic E-state index is 12.5. The van der Waals surface area contributed by atoms with Gasteiger partial charge in [0.1, 0.15) is 11.4 Å². The Kier molecular flexibility index (Phi) is 6.07. The third-order valence-electron chi connectivity index (χ3n) is 5.03. The van der Waals surface area contributed by atoms with Gasteiger partial charge in [-0.2, -0.15) is 0 Å². The molecule has 1 amide bonds. The molecule has 1 aliphatic heterocycles. The van der Waals surface area contributed by atoms with Gasteiger partial charge in [0, 0.05) is 19.1 Å². The number of amides is 1. The highest BCUT2D eigenvalue weighted by molar-refractivity contribution is 7.99. The molecule has 30 heavy (non-hydrogen) atoms. The quantitative estimate of drug-likeness (QED) is 0.365. The average molecular weight is 433 g/mol. The second-order valence-electron chi connectivity index (χ2n) is 7.28. The van der Waals surface area contributed by atoms with Gasteiger partial charge in [-0.3, -0.25) is 19.5 Å². The molecule has 10 nitrogen and oxygen atoms in total. The normalized spacial score (nSPS) is 16.0. The van der Waals surface area contributed by atoms with Crippen molar-refractivity contribution in [2.24, 2.45) is 0 Å². The Labute approximate surface area is 178 Å². The first-order valence-electron chi connectivity index (χ1n) is 10.1. The number of anilines is 2. The molecule has 2 aliphatic rings. The highest BCUT2D eigenvalue weighted by Crippen LogP contribution is 2.41. The zero-order valence-corrected chi connectivity index (χ0v) is 17.6. The van der Waals surface area contributed by atoms with Crippen LogP contribution in [-0.2, 0) is 4.79 Å². The number of hydrogen-bond acceptors (Lipinski definition) is 8. The van der Waals surface area contributed by atoms with E-state index in [2.05, 4.69) is 25.0 Å². The summed E-state index contributed by atoms with van der Waals surface area (Å²) in [5, 5.41) is 23.4. The van der Waals surface area contributed by atoms with Gasteiger partial charge in [-0.05, 0) is 44.7 Å². The number of benzene rings is 1. The standard InChI is InChI=1S/C19H24N6O4S/c1-2-29-14-7-8-15(16(11-14)25(27)28)20-17(26)12-30-19-22-21-18(23-9-3-4-10-23)24(19)13-5-6-13/h7-8,11,13H,2-6,9-10,12H2,1H3,(H,20,26). The van der Waals surface area contributed by atoms with Crippen LogP contribution >= 0.6 is 11.8 Å². The molecule has 4 rings (SSSR count). The summed E-state index contributed by atoms with van der Waals surface area (Å²) in [6.45, 7) is 4.17. The highest BCUT2D eigenvalue weighted by Gasteiger charge is 2.32. The fourth-order valence-electron chi connectivity index (χ4n) is 3.49. The lowest BCUT2D eigenvalue weighted by Crippen LogP contribution is -2.22. The van der Waals surface area contributed by atoms with E-state index in [1.165, 1.54) is 23.9 Å². The number of nitrogens with zero attached hydrogens (tertiary/aromatic N) is 5. The molecular weight excluding hydrogens is 408 g/mol. The van der Waals surface area contributed by atoms with Crippen LogP contribution in [0.25, 0.3) is 0 Å². The Bertz CT molecular complexity index is 939. The minimum Gasteiger partial charge on any atom is -0.494 e. The SMILES string of the molecule is CCOc1ccc(NC(=O)CSc2nnc(N3CCCC3)n2C2CC2)c([N+](=O)[O-])c1. The fraction of sp³-hybridized carbons (Fsp3) is 0.526. The van der Waals surface area contributed by atoms with Gasteiger partial charge in [0.15, 0.2) is 5.16 Å². The molecule has 1 N–H and O–H groups in total. The van der Waals surface area contributed by atoms with Gasteiger partial charge in [-0.1, -0.05) is 11.8 Å². The second kappa shape index (κ2) is 8.90. The van der Waals surface area contributed by atoms with E-state index in [-0.39, 0.29) is 23.0 Å². The van der Waals surface area contributed by atoms with Gasteiger partial charge >= 0.3 is 0 Å². The number of carbonyl (C=O) groups is 1. The van der Waals surface area contributed by atoms with Gasteiger partial charge in [0.25, 0.3) is 5.69 Å². The van der Waals surface area contributed by atoms with Crippen LogP contribution in [0.2, 0.25) is 0 Å². The largest absolute Gasteiger partial charge is 0.494 e. The molecular formula is C19H24N6O4S. The third-order valence-corrected chi connectivity index (χ3v) is 5.97. The van der Waals surface area contributed by atoms with Gasteiger partial charge in [0.05, 0.1) is 23.3 Å². The molecule has 2 aromatic rings. The van der Waals surface area contributed by atoms with Crippen molar-refractivity contribution in [2.45, 2.75) is 43.8 Å². The number of hydrogen-bond donors (Lipinski definition) is 1. The van der Waals surface area contributed by atoms with Crippen LogP contribution < -0.4 is 15.0 Å². The highest BCUT2D eigenvalue weighted by atomic mass is 32.2. The molecule has 160 valence electrons. The summed E-state index contributed by atoms with van der Waals surface area (Å²) in [6.07, 6.45) is 4.50. The number of ether oxygens (including phenoxy) is 1. The molecule has 0 bridgehead atoms. The summed E-state index contributed by atoms with van der Waals surface area (Å²) < 4.78 is 7.45. The Morgan fingerprint density at radius 2 is 2.10 bits per heavy atom. The molecule has 1 saturated carbocycles. The van der Waals surface area contributed by atoms with E-state index in [0.29, 0.717) is 18.4 Å². The van der Waals surface area contributed by atoms with Crippen molar-refractivity contribution in [3.05, 3.63) is 28.3 Å². The molecule has 1 aromatic heterocycles. The maximum absolute atomic E-state index is 12.5. The number of nitro groups is 1. The predicted molar refractivity (Wildman–Crippen MR) is 113 cm³/mol. The van der Waals surface area contributed by atoms with Crippen LogP contribution in [0.4, 0.5) is 17.3 Å². The summed E-state index contributed by atoms with van der Waals surface area (Å²) in [5.41, 5.74) is -0.0489. The van der Waals surface area contributed by atoms with Crippen LogP contribution in [-0.4, -0.2) is 51.0 Å². The van der Waals surface area contributed by atoms with Gasteiger partial charge < -0.3 is 15.0 Å². The zero-order chi connectivity index (χ0) is 21.1. The molecule has 0 radical (unpaired) electrons. The summed E-state index contributed by atoms with van der Waals surface area (Å²) >= 11 is 1.30. The number of nitrogens with one attached hydrogen (secondary N) is 1. The average Bonchev–Trinajstić information content (AvgIpc) is 3.24. The first kappa shape index (κ1) is 20.5. The molecule has 1 aromatic carbocycles. The number of carbonyl (C=O) groups excluding carboxylic acids is 1. The van der Waals surface area contributed by atoms with Crippen molar-refractivity contribution < 1.29 is 14.5 Å². The zero-order valence-electron chi connectivity index (χ0n) is 16.7. The Morgan fingerprint density at radius 3 is 2.77 bits per heavy atom. The van der Waals surface area contributed by atoms with Crippen molar-refractivity contribution >= 4 is 35.0 Å². The van der Waals surface area contributed by atoms with E-state index in [9.17, 15) is 14.9 Å². The maximum Gasteiger partial charge on any atom is 0.296 e. The number of rotatable bonds is 9. The number of thioether (sulfide) groups is 1. The van der Waals surface area contributed by atoms with Gasteiger partial charge in [0.2, 0.25) is 11.9 Å². The molecule has 0 spiro atoms. The number of nitro benzene ring substituents is 1. The van der Waals surface area contributed by atoms with Crippen LogP contribution in [0.15, 0.2) is 23.4 Å². The van der Waals surface area contributed by atoms with Crippen molar-refractivity contribution in [2.75, 3.05) is 35.7 Å². The van der Waals surface area contributed by atoms with Gasteiger partial charge in [-0.25, -0.2) is 0 Å². The first-order valence-corrected chi connectivity index (χ1v) is 11.1. The molecule has 0 atom stereocenters. The fourth-order valence-corrected chi connectivity index (χ4v) is 4.29. The lowest BCUT2D eigenvalue weighted by Gasteiger charge is -2.17. The summed E-state index contributed by atoms with van der Waals surface area (Å²) in [4.78, 5) is 25.6. The molecule has 2 fully saturated rings. The lowest BCUT2D eigenvalue weighted by atomic mass is 10.2. The molecule has 0 unspecified atom stereocenters. The van der Waals surface area contributed by atoms with E-state index in [1.807, 2.05) is 0 Å². The minimum absolute atomic E-state index is 0.0925. The predicted octanol–water partition coefficient (Wildman–Crippen LogP) is 3.25. The topological polar surface area (TPSA) is 115 Å². The Morgan fingerprint density at radius 1 is 1.33 bits per heavy atom. The van der Waals surface area contributed by atoms with E-state index in [4.69, 9.17) is 4.74 Å². The summed E-state index contributed by atoms with van der Waals surface area (Å²) in [7, 11) is 0. The Balaban J connectivity index is 1.43. The van der Waals surface area contributed by atoms with E-state index >= 15 is 0 Å². The third kappa shape index (κ3) is 4.50. The second-order valence-corrected chi connectivity index (χ2v) is 8.23. The summed E-state index contributed by atoms with van der Waals surface area (Å²) in [6, 6.07) is 4.81. The van der Waals surface area contributed by atoms with Crippen molar-refractivity contribution in [3.8, 4) is 5.75 Å². The van der Waals surface area contributed by atoms with Crippen molar-refractivity contribution in [1.82, 2.24) is 14.8 Å². The van der Waals surface area contributed by atoms with Crippen LogP contribution in [0.1, 0.15) is 38.6 Å². The lowest BCUT2D eigenvalue weighted by molar-refractivity contribution is -0.384. The molecule has 11 heteroatoms. The van der Waals surface area contributed by atoms with E-state index in [0.717, 1.165) is 49.9 Å². The van der Waals surface area contributed by atoms with E-state index in [1.54, 1.807) is 13.0 Å². The monoisotopic (exact) mass is 432 g/mol.